The second-order valence-electron chi connectivity index (χ2n) is 8.04. The summed E-state index contributed by atoms with van der Waals surface area (Å²) in [5.41, 5.74) is 0. The highest BCUT2D eigenvalue weighted by molar-refractivity contribution is 5.75. The molecule has 1 N–H and O–H groups in total. The maximum atomic E-state index is 12.7. The molecule has 0 aromatic heterocycles. The van der Waals surface area contributed by atoms with Gasteiger partial charge >= 0.3 is 6.03 Å². The van der Waals surface area contributed by atoms with Crippen LogP contribution in [0.3, 0.4) is 0 Å². The SMILES string of the molecule is CCCCN1[C@@H]2CCC[C@H]1CC(NC(=O)N(C(C)C)C(C)C)C2. The first kappa shape index (κ1) is 18.6. The zero-order valence-electron chi connectivity index (χ0n) is 15.8. The van der Waals surface area contributed by atoms with Crippen molar-refractivity contribution >= 4 is 6.03 Å². The van der Waals surface area contributed by atoms with Crippen LogP contribution in [0.25, 0.3) is 0 Å². The van der Waals surface area contributed by atoms with Gasteiger partial charge in [-0.05, 0) is 66.3 Å². The van der Waals surface area contributed by atoms with Gasteiger partial charge in [0.25, 0.3) is 0 Å². The van der Waals surface area contributed by atoms with Crippen molar-refractivity contribution in [2.75, 3.05) is 6.54 Å². The van der Waals surface area contributed by atoms with Gasteiger partial charge < -0.3 is 10.2 Å². The van der Waals surface area contributed by atoms with Crippen LogP contribution in [0.4, 0.5) is 4.79 Å². The quantitative estimate of drug-likeness (QED) is 0.802. The van der Waals surface area contributed by atoms with Crippen molar-refractivity contribution in [1.82, 2.24) is 15.1 Å². The lowest BCUT2D eigenvalue weighted by molar-refractivity contribution is 0.0240. The third-order valence-corrected chi connectivity index (χ3v) is 5.57. The maximum Gasteiger partial charge on any atom is 0.318 e. The Morgan fingerprint density at radius 2 is 1.70 bits per heavy atom. The first-order valence-electron chi connectivity index (χ1n) is 9.78. The Kier molecular flexibility index (Phi) is 6.75. The maximum absolute atomic E-state index is 12.7. The molecule has 0 radical (unpaired) electrons. The van der Waals surface area contributed by atoms with Crippen LogP contribution in [-0.2, 0) is 0 Å². The van der Waals surface area contributed by atoms with Gasteiger partial charge in [-0.25, -0.2) is 4.79 Å². The molecule has 1 unspecified atom stereocenters. The number of nitrogens with one attached hydrogen (secondary N) is 1. The van der Waals surface area contributed by atoms with Crippen LogP contribution < -0.4 is 5.32 Å². The zero-order valence-corrected chi connectivity index (χ0v) is 15.8. The molecular weight excluding hydrogens is 286 g/mol. The molecule has 4 heteroatoms. The summed E-state index contributed by atoms with van der Waals surface area (Å²) in [5.74, 6) is 0. The Bertz CT molecular complexity index is 361. The van der Waals surface area contributed by atoms with E-state index in [0.717, 1.165) is 12.8 Å². The van der Waals surface area contributed by atoms with Crippen molar-refractivity contribution < 1.29 is 4.79 Å². The standard InChI is InChI=1S/C19H37N3O/c1-6-7-11-21-17-9-8-10-18(21)13-16(12-17)20-19(23)22(14(2)3)15(4)5/h14-18H,6-13H2,1-5H3,(H,20,23)/t16?,17-,18+. The van der Waals surface area contributed by atoms with E-state index < -0.39 is 0 Å². The molecule has 0 saturated carbocycles. The first-order valence-corrected chi connectivity index (χ1v) is 9.78. The average Bonchev–Trinajstić information content (AvgIpc) is 2.43. The van der Waals surface area contributed by atoms with E-state index in [1.165, 1.54) is 38.6 Å². The Hall–Kier alpha value is -0.770. The molecule has 4 nitrogen and oxygen atoms in total. The third-order valence-electron chi connectivity index (χ3n) is 5.57. The van der Waals surface area contributed by atoms with Crippen LogP contribution in [0.2, 0.25) is 0 Å². The van der Waals surface area contributed by atoms with Gasteiger partial charge in [0.15, 0.2) is 0 Å². The number of carbonyl (C=O) groups excluding carboxylic acids is 1. The van der Waals surface area contributed by atoms with Crippen molar-refractivity contribution in [3.8, 4) is 0 Å². The van der Waals surface area contributed by atoms with E-state index in [4.69, 9.17) is 0 Å². The van der Waals surface area contributed by atoms with Crippen molar-refractivity contribution in [2.24, 2.45) is 0 Å². The minimum Gasteiger partial charge on any atom is -0.335 e. The zero-order chi connectivity index (χ0) is 17.0. The number of rotatable bonds is 6. The Labute approximate surface area is 143 Å². The second-order valence-corrected chi connectivity index (χ2v) is 8.04. The molecule has 2 amide bonds. The summed E-state index contributed by atoms with van der Waals surface area (Å²) >= 11 is 0. The van der Waals surface area contributed by atoms with Crippen LogP contribution in [0.15, 0.2) is 0 Å². The Balaban J connectivity index is 1.94. The van der Waals surface area contributed by atoms with E-state index >= 15 is 0 Å². The molecule has 0 spiro atoms. The molecule has 2 bridgehead atoms. The number of hydrogen-bond acceptors (Lipinski definition) is 2. The number of hydrogen-bond donors (Lipinski definition) is 1. The van der Waals surface area contributed by atoms with Crippen LogP contribution in [0, 0.1) is 0 Å². The number of fused-ring (bicyclic) bond motifs is 2. The van der Waals surface area contributed by atoms with Gasteiger partial charge in [0.05, 0.1) is 0 Å². The van der Waals surface area contributed by atoms with Crippen molar-refractivity contribution in [2.45, 2.75) is 110 Å². The van der Waals surface area contributed by atoms with Crippen molar-refractivity contribution in [1.29, 1.82) is 0 Å². The van der Waals surface area contributed by atoms with Gasteiger partial charge in [-0.3, -0.25) is 4.90 Å². The number of urea groups is 1. The molecule has 3 atom stereocenters. The lowest BCUT2D eigenvalue weighted by Crippen LogP contribution is -2.59. The Morgan fingerprint density at radius 1 is 1.13 bits per heavy atom. The summed E-state index contributed by atoms with van der Waals surface area (Å²) in [7, 11) is 0. The Morgan fingerprint density at radius 3 is 2.17 bits per heavy atom. The smallest absolute Gasteiger partial charge is 0.318 e. The first-order chi connectivity index (χ1) is 10.9. The minimum atomic E-state index is 0.125. The van der Waals surface area contributed by atoms with Crippen molar-refractivity contribution in [3.63, 3.8) is 0 Å². The van der Waals surface area contributed by atoms with E-state index in [1.54, 1.807) is 0 Å². The number of carbonyl (C=O) groups is 1. The summed E-state index contributed by atoms with van der Waals surface area (Å²) in [6.07, 6.45) is 8.83. The van der Waals surface area contributed by atoms with Gasteiger partial charge in [0.2, 0.25) is 0 Å². The summed E-state index contributed by atoms with van der Waals surface area (Å²) < 4.78 is 0. The fourth-order valence-electron chi connectivity index (χ4n) is 4.62. The molecule has 2 aliphatic rings. The highest BCUT2D eigenvalue weighted by Crippen LogP contribution is 2.34. The van der Waals surface area contributed by atoms with E-state index in [0.29, 0.717) is 18.1 Å². The summed E-state index contributed by atoms with van der Waals surface area (Å²) in [6, 6.07) is 2.35. The minimum absolute atomic E-state index is 0.125. The summed E-state index contributed by atoms with van der Waals surface area (Å²) in [6.45, 7) is 11.9. The van der Waals surface area contributed by atoms with E-state index in [2.05, 4.69) is 44.8 Å². The summed E-state index contributed by atoms with van der Waals surface area (Å²) in [5, 5.41) is 3.35. The predicted octanol–water partition coefficient (Wildman–Crippen LogP) is 4.00. The fourth-order valence-corrected chi connectivity index (χ4v) is 4.62. The number of nitrogens with zero attached hydrogens (tertiary/aromatic N) is 2. The van der Waals surface area contributed by atoms with Crippen LogP contribution in [0.1, 0.15) is 79.6 Å². The van der Waals surface area contributed by atoms with Gasteiger partial charge in [-0.1, -0.05) is 19.8 Å². The topological polar surface area (TPSA) is 35.6 Å². The molecule has 0 aliphatic carbocycles. The van der Waals surface area contributed by atoms with Gasteiger partial charge in [0.1, 0.15) is 0 Å². The normalized spacial score (nSPS) is 28.2. The predicted molar refractivity (Wildman–Crippen MR) is 96.7 cm³/mol. The monoisotopic (exact) mass is 323 g/mol. The number of unbranched alkanes of at least 4 members (excludes halogenated alkanes) is 1. The molecule has 2 saturated heterocycles. The molecule has 0 aromatic carbocycles. The van der Waals surface area contributed by atoms with Gasteiger partial charge in [0, 0.05) is 30.2 Å². The van der Waals surface area contributed by atoms with E-state index in [9.17, 15) is 4.79 Å². The lowest BCUT2D eigenvalue weighted by Gasteiger charge is -2.49. The van der Waals surface area contributed by atoms with E-state index in [-0.39, 0.29) is 18.1 Å². The van der Waals surface area contributed by atoms with E-state index in [1.807, 2.05) is 4.90 Å². The van der Waals surface area contributed by atoms with Crippen LogP contribution >= 0.6 is 0 Å². The molecule has 2 rings (SSSR count). The molecule has 0 aromatic rings. The third kappa shape index (κ3) is 4.62. The molecular formula is C19H37N3O. The highest BCUT2D eigenvalue weighted by Gasteiger charge is 2.38. The largest absolute Gasteiger partial charge is 0.335 e. The summed E-state index contributed by atoms with van der Waals surface area (Å²) in [4.78, 5) is 17.4. The molecule has 2 aliphatic heterocycles. The molecule has 2 fully saturated rings. The molecule has 134 valence electrons. The average molecular weight is 324 g/mol. The van der Waals surface area contributed by atoms with Crippen LogP contribution in [0.5, 0.6) is 0 Å². The van der Waals surface area contributed by atoms with Crippen LogP contribution in [-0.4, -0.2) is 52.6 Å². The number of piperidine rings is 2. The second kappa shape index (κ2) is 8.36. The lowest BCUT2D eigenvalue weighted by atomic mass is 9.81. The highest BCUT2D eigenvalue weighted by atomic mass is 16.2. The van der Waals surface area contributed by atoms with Crippen molar-refractivity contribution in [3.05, 3.63) is 0 Å². The van der Waals surface area contributed by atoms with Gasteiger partial charge in [-0.15, -0.1) is 0 Å². The van der Waals surface area contributed by atoms with Gasteiger partial charge in [-0.2, -0.15) is 0 Å². The number of amides is 2. The molecule has 23 heavy (non-hydrogen) atoms. The fraction of sp³-hybridized carbons (Fsp3) is 0.947. The molecule has 2 heterocycles.